The van der Waals surface area contributed by atoms with Crippen molar-refractivity contribution in [2.24, 2.45) is 0 Å². The number of hydrogen-bond donors (Lipinski definition) is 2. The number of rotatable bonds is 2. The fourth-order valence-electron chi connectivity index (χ4n) is 2.14. The van der Waals surface area contributed by atoms with Crippen LogP contribution in [0.5, 0.6) is 0 Å². The van der Waals surface area contributed by atoms with Crippen LogP contribution in [0.3, 0.4) is 0 Å². The Morgan fingerprint density at radius 1 is 1.14 bits per heavy atom. The Labute approximate surface area is 129 Å². The first-order valence-corrected chi connectivity index (χ1v) is 6.81. The van der Waals surface area contributed by atoms with E-state index < -0.39 is 17.2 Å². The molecular weight excluding hydrogens is 307 g/mol. The molecule has 0 unspecified atom stereocenters. The minimum Gasteiger partial charge on any atom is -0.358 e. The van der Waals surface area contributed by atoms with E-state index in [9.17, 15) is 14.0 Å². The topological polar surface area (TPSA) is 62.0 Å². The Morgan fingerprint density at radius 3 is 2.68 bits per heavy atom. The fourth-order valence-corrected chi connectivity index (χ4v) is 2.32. The third kappa shape index (κ3) is 2.46. The van der Waals surface area contributed by atoms with E-state index in [1.54, 1.807) is 24.3 Å². The van der Waals surface area contributed by atoms with Gasteiger partial charge in [0.25, 0.3) is 5.91 Å². The highest BCUT2D eigenvalue weighted by Crippen LogP contribution is 2.21. The maximum Gasteiger partial charge on any atom is 0.261 e. The van der Waals surface area contributed by atoms with E-state index >= 15 is 0 Å². The lowest BCUT2D eigenvalue weighted by molar-refractivity contribution is 0.102. The van der Waals surface area contributed by atoms with Gasteiger partial charge in [-0.1, -0.05) is 29.8 Å². The molecule has 0 aliphatic heterocycles. The highest BCUT2D eigenvalue weighted by atomic mass is 35.5. The number of anilines is 1. The summed E-state index contributed by atoms with van der Waals surface area (Å²) in [5, 5.41) is 3.04. The van der Waals surface area contributed by atoms with Gasteiger partial charge in [-0.15, -0.1) is 0 Å². The zero-order valence-electron chi connectivity index (χ0n) is 11.2. The standard InChI is InChI=1S/C16H10ClFN2O2/c17-11-5-1-2-7-13(11)20-16(22)10-8-19-14-9(15(10)21)4-3-6-12(14)18/h1-8H,(H,19,21)(H,20,22). The quantitative estimate of drug-likeness (QED) is 0.759. The van der Waals surface area contributed by atoms with Crippen LogP contribution in [0, 0.1) is 5.82 Å². The summed E-state index contributed by atoms with van der Waals surface area (Å²) in [6, 6.07) is 10.8. The lowest BCUT2D eigenvalue weighted by Gasteiger charge is -2.07. The van der Waals surface area contributed by atoms with E-state index in [0.717, 1.165) is 0 Å². The number of carbonyl (C=O) groups excluding carboxylic acids is 1. The van der Waals surface area contributed by atoms with Gasteiger partial charge >= 0.3 is 0 Å². The van der Waals surface area contributed by atoms with Crippen LogP contribution in [0.25, 0.3) is 10.9 Å². The molecule has 0 saturated carbocycles. The number of hydrogen-bond acceptors (Lipinski definition) is 2. The normalized spacial score (nSPS) is 10.6. The number of H-pyrrole nitrogens is 1. The first-order chi connectivity index (χ1) is 10.6. The minimum atomic E-state index is -0.611. The average molecular weight is 317 g/mol. The van der Waals surface area contributed by atoms with Gasteiger partial charge in [-0.3, -0.25) is 9.59 Å². The molecule has 1 amide bonds. The number of carbonyl (C=O) groups is 1. The highest BCUT2D eigenvalue weighted by molar-refractivity contribution is 6.33. The van der Waals surface area contributed by atoms with Crippen LogP contribution < -0.4 is 10.7 Å². The first-order valence-electron chi connectivity index (χ1n) is 6.43. The maximum absolute atomic E-state index is 13.6. The predicted octanol–water partition coefficient (Wildman–Crippen LogP) is 3.57. The summed E-state index contributed by atoms with van der Waals surface area (Å²) in [5.74, 6) is -1.16. The van der Waals surface area contributed by atoms with E-state index in [1.807, 2.05) is 0 Å². The van der Waals surface area contributed by atoms with Crippen molar-refractivity contribution in [3.05, 3.63) is 75.3 Å². The predicted molar refractivity (Wildman–Crippen MR) is 83.9 cm³/mol. The van der Waals surface area contributed by atoms with Crippen molar-refractivity contribution < 1.29 is 9.18 Å². The molecular formula is C16H10ClFN2O2. The number of nitrogens with one attached hydrogen (secondary N) is 2. The van der Waals surface area contributed by atoms with Gasteiger partial charge in [0.15, 0.2) is 0 Å². The second kappa shape index (κ2) is 5.61. The summed E-state index contributed by atoms with van der Waals surface area (Å²) in [6.07, 6.45) is 1.19. The zero-order chi connectivity index (χ0) is 15.7. The Hall–Kier alpha value is -2.66. The van der Waals surface area contributed by atoms with Gasteiger partial charge < -0.3 is 10.3 Å². The fraction of sp³-hybridized carbons (Fsp3) is 0. The Morgan fingerprint density at radius 2 is 1.91 bits per heavy atom. The molecule has 2 aromatic carbocycles. The molecule has 0 fully saturated rings. The number of amides is 1. The molecule has 0 saturated heterocycles. The highest BCUT2D eigenvalue weighted by Gasteiger charge is 2.15. The largest absolute Gasteiger partial charge is 0.358 e. The lowest BCUT2D eigenvalue weighted by atomic mass is 10.1. The number of benzene rings is 2. The second-order valence-electron chi connectivity index (χ2n) is 4.63. The van der Waals surface area contributed by atoms with Gasteiger partial charge in [0.05, 0.1) is 16.2 Å². The van der Waals surface area contributed by atoms with Crippen LogP contribution in [0.2, 0.25) is 5.02 Å². The molecule has 3 rings (SSSR count). The van der Waals surface area contributed by atoms with Crippen LogP contribution in [0.1, 0.15) is 10.4 Å². The summed E-state index contributed by atoms with van der Waals surface area (Å²) in [5.41, 5.74) is -0.189. The maximum atomic E-state index is 13.6. The number of pyridine rings is 1. The molecule has 0 aliphatic carbocycles. The van der Waals surface area contributed by atoms with Gasteiger partial charge in [0.2, 0.25) is 5.43 Å². The molecule has 0 radical (unpaired) electrons. The van der Waals surface area contributed by atoms with Gasteiger partial charge in [0.1, 0.15) is 11.4 Å². The number of aromatic amines is 1. The molecule has 4 nitrogen and oxygen atoms in total. The third-order valence-corrected chi connectivity index (χ3v) is 3.56. The van der Waals surface area contributed by atoms with E-state index in [1.165, 1.54) is 24.4 Å². The van der Waals surface area contributed by atoms with Crippen LogP contribution in [0.4, 0.5) is 10.1 Å². The molecule has 2 N–H and O–H groups in total. The SMILES string of the molecule is O=C(Nc1ccccc1Cl)c1c[nH]c2c(F)cccc2c1=O. The summed E-state index contributed by atoms with van der Waals surface area (Å²) in [4.78, 5) is 27.2. The Bertz CT molecular complexity index is 937. The molecule has 0 spiro atoms. The van der Waals surface area contributed by atoms with Crippen molar-refractivity contribution in [3.63, 3.8) is 0 Å². The molecule has 1 aromatic heterocycles. The van der Waals surface area contributed by atoms with Crippen molar-refractivity contribution in [1.82, 2.24) is 4.98 Å². The monoisotopic (exact) mass is 316 g/mol. The van der Waals surface area contributed by atoms with Gasteiger partial charge in [-0.05, 0) is 24.3 Å². The Kier molecular flexibility index (Phi) is 3.65. The van der Waals surface area contributed by atoms with Gasteiger partial charge in [-0.2, -0.15) is 0 Å². The zero-order valence-corrected chi connectivity index (χ0v) is 11.9. The molecule has 3 aromatic rings. The Balaban J connectivity index is 2.04. The average Bonchev–Trinajstić information content (AvgIpc) is 2.51. The number of aromatic nitrogens is 1. The lowest BCUT2D eigenvalue weighted by Crippen LogP contribution is -2.22. The smallest absolute Gasteiger partial charge is 0.261 e. The third-order valence-electron chi connectivity index (χ3n) is 3.23. The molecule has 22 heavy (non-hydrogen) atoms. The minimum absolute atomic E-state index is 0.0711. The van der Waals surface area contributed by atoms with Gasteiger partial charge in [-0.25, -0.2) is 4.39 Å². The molecule has 0 bridgehead atoms. The van der Waals surface area contributed by atoms with Crippen molar-refractivity contribution in [2.75, 3.05) is 5.32 Å². The van der Waals surface area contributed by atoms with Crippen LogP contribution in [-0.4, -0.2) is 10.9 Å². The molecule has 0 atom stereocenters. The van der Waals surface area contributed by atoms with Crippen LogP contribution in [-0.2, 0) is 0 Å². The molecule has 6 heteroatoms. The first kappa shape index (κ1) is 14.3. The van der Waals surface area contributed by atoms with E-state index in [-0.39, 0.29) is 16.5 Å². The number of fused-ring (bicyclic) bond motifs is 1. The van der Waals surface area contributed by atoms with E-state index in [4.69, 9.17) is 11.6 Å². The van der Waals surface area contributed by atoms with Crippen molar-refractivity contribution in [3.8, 4) is 0 Å². The summed E-state index contributed by atoms with van der Waals surface area (Å²) in [6.45, 7) is 0. The van der Waals surface area contributed by atoms with Crippen LogP contribution in [0.15, 0.2) is 53.5 Å². The molecule has 110 valence electrons. The van der Waals surface area contributed by atoms with E-state index in [2.05, 4.69) is 10.3 Å². The summed E-state index contributed by atoms with van der Waals surface area (Å²) in [7, 11) is 0. The van der Waals surface area contributed by atoms with E-state index in [0.29, 0.717) is 10.7 Å². The number of para-hydroxylation sites is 2. The van der Waals surface area contributed by atoms with Crippen molar-refractivity contribution >= 4 is 34.1 Å². The molecule has 0 aliphatic rings. The number of halogens is 2. The summed E-state index contributed by atoms with van der Waals surface area (Å²) < 4.78 is 13.6. The van der Waals surface area contributed by atoms with Crippen molar-refractivity contribution in [1.29, 1.82) is 0 Å². The van der Waals surface area contributed by atoms with Crippen LogP contribution >= 0.6 is 11.6 Å². The van der Waals surface area contributed by atoms with Gasteiger partial charge in [0, 0.05) is 11.6 Å². The second-order valence-corrected chi connectivity index (χ2v) is 5.04. The molecule has 1 heterocycles. The van der Waals surface area contributed by atoms with Crippen molar-refractivity contribution in [2.45, 2.75) is 0 Å². The summed E-state index contributed by atoms with van der Waals surface area (Å²) >= 11 is 5.96.